The molecular weight excluding hydrogens is 474 g/mol. The van der Waals surface area contributed by atoms with Gasteiger partial charge in [-0.05, 0) is 24.3 Å². The van der Waals surface area contributed by atoms with E-state index in [-0.39, 0.29) is 23.7 Å². The number of thioether (sulfide) groups is 1. The highest BCUT2D eigenvalue weighted by molar-refractivity contribution is 8.13. The van der Waals surface area contributed by atoms with E-state index < -0.39 is 23.1 Å². The number of rotatable bonds is 4. The molecule has 0 saturated carbocycles. The zero-order valence-corrected chi connectivity index (χ0v) is 19.0. The Kier molecular flexibility index (Phi) is 5.78. The van der Waals surface area contributed by atoms with Gasteiger partial charge in [-0.2, -0.15) is 0 Å². The summed E-state index contributed by atoms with van der Waals surface area (Å²) < 4.78 is 28.6. The summed E-state index contributed by atoms with van der Waals surface area (Å²) in [6.45, 7) is 7.70. The maximum absolute atomic E-state index is 15.3. The average molecular weight is 493 g/mol. The number of carbonyl (C=O) groups excluding carboxylic acids is 1. The number of anilines is 2. The molecule has 2 aliphatic rings. The Balaban J connectivity index is 1.48. The average Bonchev–Trinajstić information content (AvgIpc) is 3.25. The predicted octanol–water partition coefficient (Wildman–Crippen LogP) is 3.35. The highest BCUT2D eigenvalue weighted by Crippen LogP contribution is 2.47. The zero-order valence-electron chi connectivity index (χ0n) is 18.2. The minimum atomic E-state index is -1.03. The third-order valence-corrected chi connectivity index (χ3v) is 6.94. The molecule has 0 unspecified atom stereocenters. The number of fused-ring (bicyclic) bond motifs is 1. The Hall–Kier alpha value is -4.11. The predicted molar refractivity (Wildman–Crippen MR) is 128 cm³/mol. The molecule has 3 N–H and O–H groups in total. The highest BCUT2D eigenvalue weighted by Gasteiger charge is 2.52. The van der Waals surface area contributed by atoms with E-state index in [0.29, 0.717) is 34.8 Å². The summed E-state index contributed by atoms with van der Waals surface area (Å²) in [4.78, 5) is 34.6. The Morgan fingerprint density at radius 3 is 2.71 bits per heavy atom. The number of amides is 1. The first kappa shape index (κ1) is 22.7. The lowest BCUT2D eigenvalue weighted by molar-refractivity contribution is 0.102. The van der Waals surface area contributed by atoms with Crippen LogP contribution >= 0.6 is 11.8 Å². The largest absolute Gasteiger partial charge is 0.379 e. The number of benzene rings is 1. The molecule has 4 heterocycles. The number of nitrogens with one attached hydrogen (secondary N) is 1. The summed E-state index contributed by atoms with van der Waals surface area (Å²) >= 11 is 1.39. The van der Waals surface area contributed by atoms with Gasteiger partial charge in [0.1, 0.15) is 17.1 Å². The molecule has 0 spiro atoms. The number of halogens is 2. The fourth-order valence-corrected chi connectivity index (χ4v) is 5.32. The van der Waals surface area contributed by atoms with Gasteiger partial charge in [-0.1, -0.05) is 17.8 Å². The molecular formula is C23H18F2N8OS. The number of pyridine rings is 1. The van der Waals surface area contributed by atoms with E-state index in [1.165, 1.54) is 42.2 Å². The van der Waals surface area contributed by atoms with Gasteiger partial charge in [0.25, 0.3) is 5.91 Å². The van der Waals surface area contributed by atoms with Crippen LogP contribution in [0.5, 0.6) is 0 Å². The maximum Gasteiger partial charge on any atom is 0.274 e. The summed E-state index contributed by atoms with van der Waals surface area (Å²) in [6, 6.07) is 7.22. The van der Waals surface area contributed by atoms with Crippen LogP contribution < -0.4 is 16.0 Å². The minimum absolute atomic E-state index is 0.121. The number of nitrogens with zero attached hydrogens (tertiary/aromatic N) is 6. The molecule has 2 aliphatic heterocycles. The van der Waals surface area contributed by atoms with E-state index in [2.05, 4.69) is 25.1 Å². The van der Waals surface area contributed by atoms with Crippen molar-refractivity contribution in [1.82, 2.24) is 15.0 Å². The molecule has 2 atom stereocenters. The van der Waals surface area contributed by atoms with Crippen molar-refractivity contribution in [2.24, 2.45) is 16.6 Å². The van der Waals surface area contributed by atoms with E-state index in [1.807, 2.05) is 4.90 Å². The third kappa shape index (κ3) is 4.26. The van der Waals surface area contributed by atoms with E-state index in [0.717, 1.165) is 12.4 Å². The van der Waals surface area contributed by atoms with Crippen molar-refractivity contribution in [3.8, 4) is 0 Å². The normalized spacial score (nSPS) is 21.1. The Bertz CT molecular complexity index is 1360. The molecule has 0 bridgehead atoms. The van der Waals surface area contributed by atoms with Gasteiger partial charge in [-0.15, -0.1) is 0 Å². The molecule has 1 amide bonds. The van der Waals surface area contributed by atoms with Crippen LogP contribution in [0.25, 0.3) is 4.85 Å². The molecule has 1 saturated heterocycles. The fourth-order valence-electron chi connectivity index (χ4n) is 4.34. The summed E-state index contributed by atoms with van der Waals surface area (Å²) in [5, 5.41) is 3.06. The topological polar surface area (TPSA) is 114 Å². The van der Waals surface area contributed by atoms with Crippen molar-refractivity contribution in [2.75, 3.05) is 29.1 Å². The van der Waals surface area contributed by atoms with Crippen LogP contribution in [0.2, 0.25) is 0 Å². The standard InChI is InChI=1S/C23H18F2N8OS/c1-27-16-3-5-19(28-9-16)20(34)31-15-2-4-18(25)17(6-15)23-12-33(22-29-7-14(24)8-30-22)10-13(23)11-35-21(26)32-23/h2-9,13H,10-12H2,(H2,26,32)(H,31,34)/t13-,23-/m0/s1. The van der Waals surface area contributed by atoms with E-state index in [4.69, 9.17) is 17.3 Å². The smallest absolute Gasteiger partial charge is 0.274 e. The Morgan fingerprint density at radius 1 is 1.20 bits per heavy atom. The third-order valence-electron chi connectivity index (χ3n) is 5.98. The van der Waals surface area contributed by atoms with Crippen molar-refractivity contribution < 1.29 is 13.6 Å². The minimum Gasteiger partial charge on any atom is -0.379 e. The number of hydrogen-bond donors (Lipinski definition) is 2. The van der Waals surface area contributed by atoms with Crippen LogP contribution in [0, 0.1) is 24.1 Å². The molecule has 1 aromatic carbocycles. The van der Waals surface area contributed by atoms with E-state index in [1.54, 1.807) is 6.07 Å². The first-order chi connectivity index (χ1) is 16.9. The van der Waals surface area contributed by atoms with Crippen molar-refractivity contribution in [3.05, 3.63) is 83.2 Å². The first-order valence-electron chi connectivity index (χ1n) is 10.5. The van der Waals surface area contributed by atoms with Crippen molar-refractivity contribution in [2.45, 2.75) is 5.54 Å². The number of nitrogens with two attached hydrogens (primary N) is 1. The lowest BCUT2D eigenvalue weighted by atomic mass is 9.81. The van der Waals surface area contributed by atoms with Crippen LogP contribution in [0.15, 0.2) is 53.9 Å². The number of amidine groups is 1. The molecule has 0 aliphatic carbocycles. The summed E-state index contributed by atoms with van der Waals surface area (Å²) in [7, 11) is 0. The SMILES string of the molecule is [C-]#[N+]c1ccc(C(=O)Nc2ccc(F)c([C@]34CN(c5ncc(F)cn5)C[C@H]3CSC(N)=N4)c2)nc1. The maximum atomic E-state index is 15.3. The van der Waals surface area contributed by atoms with Crippen LogP contribution in [-0.4, -0.2) is 44.9 Å². The summed E-state index contributed by atoms with van der Waals surface area (Å²) in [5.41, 5.74) is 6.12. The molecule has 0 radical (unpaired) electrons. The monoisotopic (exact) mass is 492 g/mol. The lowest BCUT2D eigenvalue weighted by Crippen LogP contribution is -2.40. The summed E-state index contributed by atoms with van der Waals surface area (Å²) in [6.07, 6.45) is 3.47. The van der Waals surface area contributed by atoms with E-state index in [9.17, 15) is 9.18 Å². The fraction of sp³-hybridized carbons (Fsp3) is 0.217. The molecule has 3 aromatic rings. The van der Waals surface area contributed by atoms with Crippen LogP contribution in [0.1, 0.15) is 16.1 Å². The second kappa shape index (κ2) is 8.92. The summed E-state index contributed by atoms with van der Waals surface area (Å²) in [5.74, 6) is -0.749. The number of carbonyl (C=O) groups is 1. The molecule has 5 rings (SSSR count). The van der Waals surface area contributed by atoms with E-state index >= 15 is 4.39 Å². The van der Waals surface area contributed by atoms with Crippen LogP contribution in [0.4, 0.5) is 26.1 Å². The first-order valence-corrected chi connectivity index (χ1v) is 11.5. The molecule has 1 fully saturated rings. The van der Waals surface area contributed by atoms with Crippen molar-refractivity contribution in [1.29, 1.82) is 0 Å². The number of hydrogen-bond acceptors (Lipinski definition) is 8. The van der Waals surface area contributed by atoms with Gasteiger partial charge < -0.3 is 16.0 Å². The van der Waals surface area contributed by atoms with Gasteiger partial charge in [-0.3, -0.25) is 9.78 Å². The van der Waals surface area contributed by atoms with Crippen LogP contribution in [-0.2, 0) is 5.54 Å². The van der Waals surface area contributed by atoms with Gasteiger partial charge in [0, 0.05) is 35.7 Å². The van der Waals surface area contributed by atoms with Crippen LogP contribution in [0.3, 0.4) is 0 Å². The quantitative estimate of drug-likeness (QED) is 0.537. The second-order valence-corrected chi connectivity index (χ2v) is 9.17. The van der Waals surface area contributed by atoms with Gasteiger partial charge in [0.05, 0.1) is 25.5 Å². The van der Waals surface area contributed by atoms with Gasteiger partial charge in [0.2, 0.25) is 11.6 Å². The highest BCUT2D eigenvalue weighted by atomic mass is 32.2. The molecule has 12 heteroatoms. The number of aromatic nitrogens is 3. The molecule has 9 nitrogen and oxygen atoms in total. The lowest BCUT2D eigenvalue weighted by Gasteiger charge is -2.35. The van der Waals surface area contributed by atoms with Crippen molar-refractivity contribution in [3.63, 3.8) is 0 Å². The van der Waals surface area contributed by atoms with Gasteiger partial charge >= 0.3 is 0 Å². The molecule has 35 heavy (non-hydrogen) atoms. The Labute approximate surface area is 203 Å². The Morgan fingerprint density at radius 2 is 2.00 bits per heavy atom. The molecule has 176 valence electrons. The zero-order chi connectivity index (χ0) is 24.6. The number of aliphatic imine (C=N–C) groups is 1. The second-order valence-electron chi connectivity index (χ2n) is 8.13. The van der Waals surface area contributed by atoms with Gasteiger partial charge in [-0.25, -0.2) is 28.6 Å². The van der Waals surface area contributed by atoms with Crippen molar-refractivity contribution >= 4 is 40.2 Å². The molecule has 2 aromatic heterocycles. The van der Waals surface area contributed by atoms with Gasteiger partial charge in [0.15, 0.2) is 11.0 Å².